The molecule has 2 aromatic rings. The first kappa shape index (κ1) is 22.2. The fourth-order valence-corrected chi connectivity index (χ4v) is 3.18. The minimum atomic E-state index is -0.799. The van der Waals surface area contributed by atoms with Crippen LogP contribution in [0.5, 0.6) is 0 Å². The largest absolute Gasteiger partial charge is 0.455 e. The topological polar surface area (TPSA) is 111 Å². The molecular formula is C21H24ClN3O4. The number of carbonyl (C=O) groups excluding carboxylic acids is 3. The van der Waals surface area contributed by atoms with E-state index < -0.39 is 30.6 Å². The lowest BCUT2D eigenvalue weighted by molar-refractivity contribution is -0.147. The molecule has 7 nitrogen and oxygen atoms in total. The van der Waals surface area contributed by atoms with Gasteiger partial charge in [0.15, 0.2) is 6.61 Å². The number of primary amides is 1. The van der Waals surface area contributed by atoms with Crippen molar-refractivity contribution in [1.82, 2.24) is 5.32 Å². The molecule has 0 fully saturated rings. The molecule has 154 valence electrons. The Bertz CT molecular complexity index is 901. The minimum Gasteiger partial charge on any atom is -0.455 e. The van der Waals surface area contributed by atoms with Crippen molar-refractivity contribution in [2.24, 2.45) is 5.73 Å². The molecule has 0 aromatic heterocycles. The molecule has 8 heteroatoms. The lowest BCUT2D eigenvalue weighted by Gasteiger charge is -2.18. The number of amides is 3. The molecule has 0 radical (unpaired) electrons. The van der Waals surface area contributed by atoms with Crippen LogP contribution < -0.4 is 16.4 Å². The Morgan fingerprint density at radius 3 is 2.52 bits per heavy atom. The Labute approximate surface area is 174 Å². The number of nitrogens with two attached hydrogens (primary N) is 1. The maximum Gasteiger partial charge on any atom is 0.312 e. The lowest BCUT2D eigenvalue weighted by atomic mass is 10.0. The predicted octanol–water partition coefficient (Wildman–Crippen LogP) is 3.49. The fourth-order valence-electron chi connectivity index (χ4n) is 2.92. The van der Waals surface area contributed by atoms with Crippen molar-refractivity contribution in [2.45, 2.75) is 32.7 Å². The number of nitrogens with one attached hydrogen (secondary N) is 2. The maximum atomic E-state index is 12.2. The van der Waals surface area contributed by atoms with Crippen LogP contribution in [0, 0.1) is 6.92 Å². The third kappa shape index (κ3) is 6.50. The Balaban J connectivity index is 1.98. The second kappa shape index (κ2) is 10.5. The average molecular weight is 418 g/mol. The number of para-hydroxylation sites is 1. The molecule has 2 rings (SSSR count). The zero-order valence-electron chi connectivity index (χ0n) is 16.3. The molecule has 0 heterocycles. The van der Waals surface area contributed by atoms with Crippen LogP contribution in [0.2, 0.25) is 5.02 Å². The average Bonchev–Trinajstić information content (AvgIpc) is 2.67. The van der Waals surface area contributed by atoms with E-state index in [9.17, 15) is 14.4 Å². The van der Waals surface area contributed by atoms with Gasteiger partial charge < -0.3 is 21.1 Å². The molecular weight excluding hydrogens is 394 g/mol. The molecule has 0 bridgehead atoms. The van der Waals surface area contributed by atoms with Crippen LogP contribution in [0.15, 0.2) is 42.5 Å². The highest BCUT2D eigenvalue weighted by Gasteiger charge is 2.21. The molecule has 0 spiro atoms. The number of aryl methyl sites for hydroxylation is 2. The second-order valence-electron chi connectivity index (χ2n) is 6.46. The van der Waals surface area contributed by atoms with Gasteiger partial charge in [-0.3, -0.25) is 9.59 Å². The molecule has 2 aromatic carbocycles. The van der Waals surface area contributed by atoms with E-state index in [0.29, 0.717) is 10.6 Å². The van der Waals surface area contributed by atoms with E-state index in [4.69, 9.17) is 22.1 Å². The van der Waals surface area contributed by atoms with E-state index in [0.717, 1.165) is 23.2 Å². The summed E-state index contributed by atoms with van der Waals surface area (Å²) in [5, 5.41) is 5.63. The van der Waals surface area contributed by atoms with E-state index in [1.165, 1.54) is 0 Å². The van der Waals surface area contributed by atoms with Gasteiger partial charge in [0.2, 0.25) is 0 Å². The summed E-state index contributed by atoms with van der Waals surface area (Å²) in [4.78, 5) is 35.7. The number of halogens is 1. The van der Waals surface area contributed by atoms with Crippen LogP contribution in [0.4, 0.5) is 10.5 Å². The molecule has 29 heavy (non-hydrogen) atoms. The highest BCUT2D eigenvalue weighted by molar-refractivity contribution is 6.31. The zero-order valence-corrected chi connectivity index (χ0v) is 17.1. The normalized spacial score (nSPS) is 11.4. The lowest BCUT2D eigenvalue weighted by Crippen LogP contribution is -2.35. The molecule has 0 aliphatic rings. The molecule has 0 unspecified atom stereocenters. The highest BCUT2D eigenvalue weighted by atomic mass is 35.5. The fraction of sp³-hybridized carbons (Fsp3) is 0.286. The van der Waals surface area contributed by atoms with E-state index in [-0.39, 0.29) is 6.42 Å². The van der Waals surface area contributed by atoms with Gasteiger partial charge in [0.25, 0.3) is 5.91 Å². The zero-order chi connectivity index (χ0) is 21.4. The summed E-state index contributed by atoms with van der Waals surface area (Å²) in [6, 6.07) is 10.9. The quantitative estimate of drug-likeness (QED) is 0.571. The van der Waals surface area contributed by atoms with Crippen molar-refractivity contribution < 1.29 is 19.1 Å². The summed E-state index contributed by atoms with van der Waals surface area (Å²) >= 11 is 6.14. The summed E-state index contributed by atoms with van der Waals surface area (Å²) in [5.41, 5.74) is 8.37. The Kier molecular flexibility index (Phi) is 8.03. The number of hydrogen-bond donors (Lipinski definition) is 3. The molecule has 1 atom stereocenters. The van der Waals surface area contributed by atoms with Crippen LogP contribution in [0.3, 0.4) is 0 Å². The summed E-state index contributed by atoms with van der Waals surface area (Å²) in [6.07, 6.45) is 0.542. The van der Waals surface area contributed by atoms with Gasteiger partial charge >= 0.3 is 12.0 Å². The number of benzene rings is 2. The molecule has 3 amide bonds. The number of esters is 1. The first-order chi connectivity index (χ1) is 13.8. The van der Waals surface area contributed by atoms with Crippen LogP contribution in [0.25, 0.3) is 0 Å². The van der Waals surface area contributed by atoms with Crippen LogP contribution in [-0.4, -0.2) is 24.5 Å². The van der Waals surface area contributed by atoms with Crippen LogP contribution in [0.1, 0.15) is 36.1 Å². The van der Waals surface area contributed by atoms with Crippen molar-refractivity contribution in [2.75, 3.05) is 11.9 Å². The van der Waals surface area contributed by atoms with Crippen molar-refractivity contribution >= 4 is 35.2 Å². The van der Waals surface area contributed by atoms with Crippen LogP contribution >= 0.6 is 11.6 Å². The van der Waals surface area contributed by atoms with E-state index >= 15 is 0 Å². The van der Waals surface area contributed by atoms with Gasteiger partial charge in [-0.1, -0.05) is 54.9 Å². The molecule has 4 N–H and O–H groups in total. The van der Waals surface area contributed by atoms with Gasteiger partial charge in [-0.15, -0.1) is 0 Å². The van der Waals surface area contributed by atoms with Crippen LogP contribution in [-0.2, 0) is 20.7 Å². The van der Waals surface area contributed by atoms with Crippen molar-refractivity contribution in [3.05, 3.63) is 64.2 Å². The van der Waals surface area contributed by atoms with Crippen molar-refractivity contribution in [3.8, 4) is 0 Å². The summed E-state index contributed by atoms with van der Waals surface area (Å²) in [7, 11) is 0. The van der Waals surface area contributed by atoms with Gasteiger partial charge in [0.05, 0.1) is 12.5 Å². The Morgan fingerprint density at radius 1 is 1.14 bits per heavy atom. The second-order valence-corrected chi connectivity index (χ2v) is 6.87. The van der Waals surface area contributed by atoms with Gasteiger partial charge in [-0.2, -0.15) is 0 Å². The number of ether oxygens (including phenoxy) is 1. The number of carbonyl (C=O) groups is 3. The predicted molar refractivity (Wildman–Crippen MR) is 112 cm³/mol. The number of rotatable bonds is 8. The van der Waals surface area contributed by atoms with E-state index in [1.54, 1.807) is 24.3 Å². The first-order valence-electron chi connectivity index (χ1n) is 9.16. The van der Waals surface area contributed by atoms with E-state index in [2.05, 4.69) is 10.6 Å². The third-order valence-electron chi connectivity index (χ3n) is 4.34. The third-order valence-corrected chi connectivity index (χ3v) is 4.68. The smallest absolute Gasteiger partial charge is 0.312 e. The number of urea groups is 1. The summed E-state index contributed by atoms with van der Waals surface area (Å²) in [6.45, 7) is 3.44. The van der Waals surface area contributed by atoms with Crippen molar-refractivity contribution in [3.63, 3.8) is 0 Å². The monoisotopic (exact) mass is 417 g/mol. The standard InChI is InChI=1S/C21H24ClN3O4/c1-3-14-8-6-7-13(2)20(14)25-18(26)12-29-19(27)11-17(24-21(23)28)15-9-4-5-10-16(15)22/h4-10,17H,3,11-12H2,1-2H3,(H,25,26)(H3,23,24,28)/t17-/m0/s1. The summed E-state index contributed by atoms with van der Waals surface area (Å²) < 4.78 is 5.08. The van der Waals surface area contributed by atoms with Crippen molar-refractivity contribution in [1.29, 1.82) is 0 Å². The van der Waals surface area contributed by atoms with Gasteiger partial charge in [0, 0.05) is 10.7 Å². The SMILES string of the molecule is CCc1cccc(C)c1NC(=O)COC(=O)C[C@H](NC(N)=O)c1ccccc1Cl. The molecule has 0 aliphatic carbocycles. The molecule has 0 saturated heterocycles. The first-order valence-corrected chi connectivity index (χ1v) is 9.54. The number of hydrogen-bond acceptors (Lipinski definition) is 4. The molecule has 0 saturated carbocycles. The van der Waals surface area contributed by atoms with E-state index in [1.807, 2.05) is 32.0 Å². The minimum absolute atomic E-state index is 0.218. The van der Waals surface area contributed by atoms with Gasteiger partial charge in [0.1, 0.15) is 0 Å². The Morgan fingerprint density at radius 2 is 1.86 bits per heavy atom. The summed E-state index contributed by atoms with van der Waals surface area (Å²) in [5.74, 6) is -1.11. The highest BCUT2D eigenvalue weighted by Crippen LogP contribution is 2.25. The molecule has 0 aliphatic heterocycles. The van der Waals surface area contributed by atoms with Gasteiger partial charge in [-0.05, 0) is 36.1 Å². The van der Waals surface area contributed by atoms with Gasteiger partial charge in [-0.25, -0.2) is 4.79 Å². The maximum absolute atomic E-state index is 12.2. The number of anilines is 1. The Hall–Kier alpha value is -3.06.